The van der Waals surface area contributed by atoms with E-state index >= 15 is 0 Å². The first kappa shape index (κ1) is 10.4. The van der Waals surface area contributed by atoms with Crippen molar-refractivity contribution in [2.75, 3.05) is 12.3 Å². The predicted octanol–water partition coefficient (Wildman–Crippen LogP) is -1.73. The molecule has 0 amide bonds. The number of hydrogen-bond acceptors (Lipinski definition) is 6. The zero-order valence-corrected chi connectivity index (χ0v) is 6.71. The summed E-state index contributed by atoms with van der Waals surface area (Å²) in [6.45, 7) is -0.0430. The molecule has 6 heteroatoms. The van der Waals surface area contributed by atoms with Gasteiger partial charge in [-0.3, -0.25) is 4.79 Å². The minimum Gasteiger partial charge on any atom is -0.391 e. The van der Waals surface area contributed by atoms with E-state index in [9.17, 15) is 9.59 Å². The van der Waals surface area contributed by atoms with Gasteiger partial charge in [0.25, 0.3) is 0 Å². The fourth-order valence-corrected chi connectivity index (χ4v) is 0.381. The SMILES string of the molecule is NCC(N)C(=O)OC(=O)CS. The number of nitrogens with two attached hydrogens (primary N) is 2. The lowest BCUT2D eigenvalue weighted by molar-refractivity contribution is -0.158. The standard InChI is InChI=1S/C5H10N2O3S/c6-1-3(7)5(9)10-4(8)2-11/h3,11H,1-2,6-7H2. The van der Waals surface area contributed by atoms with Crippen molar-refractivity contribution in [2.45, 2.75) is 6.04 Å². The monoisotopic (exact) mass is 178 g/mol. The molecule has 0 heterocycles. The van der Waals surface area contributed by atoms with Crippen molar-refractivity contribution >= 4 is 24.6 Å². The molecule has 0 aliphatic heterocycles. The van der Waals surface area contributed by atoms with Crippen molar-refractivity contribution in [3.05, 3.63) is 0 Å². The maximum absolute atomic E-state index is 10.7. The Hall–Kier alpha value is -0.590. The Morgan fingerprint density at radius 1 is 1.55 bits per heavy atom. The molecule has 0 saturated heterocycles. The molecule has 0 aromatic rings. The summed E-state index contributed by atoms with van der Waals surface area (Å²) < 4.78 is 4.19. The number of carbonyl (C=O) groups excluding carboxylic acids is 2. The number of rotatable bonds is 3. The second kappa shape index (κ2) is 5.11. The van der Waals surface area contributed by atoms with Gasteiger partial charge in [0.05, 0.1) is 5.75 Å². The molecule has 1 unspecified atom stereocenters. The normalized spacial score (nSPS) is 12.3. The van der Waals surface area contributed by atoms with Crippen molar-refractivity contribution in [1.29, 1.82) is 0 Å². The zero-order valence-electron chi connectivity index (χ0n) is 5.82. The Labute approximate surface area is 69.5 Å². The van der Waals surface area contributed by atoms with Gasteiger partial charge in [-0.1, -0.05) is 0 Å². The van der Waals surface area contributed by atoms with Gasteiger partial charge in [-0.05, 0) is 0 Å². The predicted molar refractivity (Wildman–Crippen MR) is 42.0 cm³/mol. The summed E-state index contributed by atoms with van der Waals surface area (Å²) in [6, 6.07) is -0.932. The van der Waals surface area contributed by atoms with E-state index in [4.69, 9.17) is 11.5 Å². The van der Waals surface area contributed by atoms with Gasteiger partial charge >= 0.3 is 11.9 Å². The first-order valence-corrected chi connectivity index (χ1v) is 3.56. The second-order valence-corrected chi connectivity index (χ2v) is 2.11. The highest BCUT2D eigenvalue weighted by molar-refractivity contribution is 7.81. The van der Waals surface area contributed by atoms with Gasteiger partial charge in [-0.25, -0.2) is 4.79 Å². The lowest BCUT2D eigenvalue weighted by Gasteiger charge is -2.05. The van der Waals surface area contributed by atoms with Crippen LogP contribution in [0.5, 0.6) is 0 Å². The van der Waals surface area contributed by atoms with Gasteiger partial charge in [0.15, 0.2) is 0 Å². The number of esters is 2. The smallest absolute Gasteiger partial charge is 0.331 e. The molecule has 0 bridgehead atoms. The fraction of sp³-hybridized carbons (Fsp3) is 0.600. The van der Waals surface area contributed by atoms with E-state index in [0.717, 1.165) is 0 Å². The van der Waals surface area contributed by atoms with Crippen LogP contribution in [-0.4, -0.2) is 30.3 Å². The highest BCUT2D eigenvalue weighted by Gasteiger charge is 2.15. The molecule has 0 spiro atoms. The summed E-state index contributed by atoms with van der Waals surface area (Å²) in [5.41, 5.74) is 10.2. The average Bonchev–Trinajstić information content (AvgIpc) is 2.02. The first-order valence-electron chi connectivity index (χ1n) is 2.92. The maximum atomic E-state index is 10.7. The van der Waals surface area contributed by atoms with Gasteiger partial charge in [-0.2, -0.15) is 12.6 Å². The van der Waals surface area contributed by atoms with E-state index in [1.807, 2.05) is 0 Å². The number of carbonyl (C=O) groups is 2. The van der Waals surface area contributed by atoms with Crippen molar-refractivity contribution in [3.63, 3.8) is 0 Å². The first-order chi connectivity index (χ1) is 5.11. The molecule has 0 aliphatic carbocycles. The van der Waals surface area contributed by atoms with Crippen LogP contribution in [0.2, 0.25) is 0 Å². The van der Waals surface area contributed by atoms with Gasteiger partial charge in [-0.15, -0.1) is 0 Å². The van der Waals surface area contributed by atoms with Crippen molar-refractivity contribution in [2.24, 2.45) is 11.5 Å². The van der Waals surface area contributed by atoms with Crippen molar-refractivity contribution in [1.82, 2.24) is 0 Å². The lowest BCUT2D eigenvalue weighted by Crippen LogP contribution is -2.40. The van der Waals surface area contributed by atoms with Gasteiger partial charge in [0.1, 0.15) is 6.04 Å². The molecule has 0 aromatic carbocycles. The summed E-state index contributed by atoms with van der Waals surface area (Å²) in [4.78, 5) is 21.1. The van der Waals surface area contributed by atoms with Crippen LogP contribution < -0.4 is 11.5 Å². The summed E-state index contributed by atoms with van der Waals surface area (Å²) in [5.74, 6) is -1.68. The minimum absolute atomic E-state index is 0.0430. The van der Waals surface area contributed by atoms with Crippen LogP contribution in [0.15, 0.2) is 0 Å². The van der Waals surface area contributed by atoms with Gasteiger partial charge in [0, 0.05) is 6.54 Å². The molecule has 4 N–H and O–H groups in total. The molecule has 0 fully saturated rings. The maximum Gasteiger partial charge on any atom is 0.331 e. The Kier molecular flexibility index (Phi) is 4.84. The molecule has 0 radical (unpaired) electrons. The lowest BCUT2D eigenvalue weighted by atomic mass is 10.3. The highest BCUT2D eigenvalue weighted by atomic mass is 32.1. The Morgan fingerprint density at radius 2 is 2.09 bits per heavy atom. The van der Waals surface area contributed by atoms with E-state index < -0.39 is 18.0 Å². The molecule has 1 atom stereocenters. The summed E-state index contributed by atoms with van der Waals surface area (Å²) >= 11 is 3.59. The van der Waals surface area contributed by atoms with E-state index in [1.165, 1.54) is 0 Å². The van der Waals surface area contributed by atoms with E-state index in [-0.39, 0.29) is 12.3 Å². The third-order valence-corrected chi connectivity index (χ3v) is 1.16. The van der Waals surface area contributed by atoms with Crippen LogP contribution in [-0.2, 0) is 14.3 Å². The van der Waals surface area contributed by atoms with Crippen molar-refractivity contribution < 1.29 is 14.3 Å². The van der Waals surface area contributed by atoms with Crippen LogP contribution in [0.25, 0.3) is 0 Å². The largest absolute Gasteiger partial charge is 0.391 e. The molecule has 5 nitrogen and oxygen atoms in total. The average molecular weight is 178 g/mol. The van der Waals surface area contributed by atoms with E-state index in [2.05, 4.69) is 17.4 Å². The third kappa shape index (κ3) is 3.97. The number of hydrogen-bond donors (Lipinski definition) is 3. The Bertz CT molecular complexity index is 162. The molecule has 0 aliphatic rings. The number of ether oxygens (including phenoxy) is 1. The molecule has 0 aromatic heterocycles. The topological polar surface area (TPSA) is 95.4 Å². The summed E-state index contributed by atoms with van der Waals surface area (Å²) in [7, 11) is 0. The molecule has 0 saturated carbocycles. The highest BCUT2D eigenvalue weighted by Crippen LogP contribution is 1.86. The minimum atomic E-state index is -0.932. The van der Waals surface area contributed by atoms with Gasteiger partial charge in [0.2, 0.25) is 0 Å². The Morgan fingerprint density at radius 3 is 2.45 bits per heavy atom. The van der Waals surface area contributed by atoms with Gasteiger partial charge < -0.3 is 16.2 Å². The van der Waals surface area contributed by atoms with E-state index in [1.54, 1.807) is 0 Å². The Balaban J connectivity index is 3.77. The molecule has 64 valence electrons. The summed E-state index contributed by atoms with van der Waals surface area (Å²) in [6.07, 6.45) is 0. The number of thiol groups is 1. The van der Waals surface area contributed by atoms with Crippen LogP contribution in [0, 0.1) is 0 Å². The molecular formula is C5H10N2O3S. The molecule has 0 rings (SSSR count). The third-order valence-electron chi connectivity index (χ3n) is 0.900. The zero-order chi connectivity index (χ0) is 8.85. The van der Waals surface area contributed by atoms with Crippen molar-refractivity contribution in [3.8, 4) is 0 Å². The van der Waals surface area contributed by atoms with Crippen LogP contribution in [0.4, 0.5) is 0 Å². The second-order valence-electron chi connectivity index (χ2n) is 1.79. The molecule has 11 heavy (non-hydrogen) atoms. The van der Waals surface area contributed by atoms with Crippen LogP contribution >= 0.6 is 12.6 Å². The fourth-order valence-electron chi connectivity index (χ4n) is 0.316. The van der Waals surface area contributed by atoms with E-state index in [0.29, 0.717) is 0 Å². The molecular weight excluding hydrogens is 168 g/mol. The van der Waals surface area contributed by atoms with Crippen LogP contribution in [0.3, 0.4) is 0 Å². The van der Waals surface area contributed by atoms with Crippen LogP contribution in [0.1, 0.15) is 0 Å². The summed E-state index contributed by atoms with van der Waals surface area (Å²) in [5, 5.41) is 0. The quantitative estimate of drug-likeness (QED) is 0.271.